The van der Waals surface area contributed by atoms with Gasteiger partial charge in [0, 0.05) is 53.5 Å². The van der Waals surface area contributed by atoms with E-state index in [2.05, 4.69) is 58.3 Å². The number of hydrogen-bond donors (Lipinski definition) is 0. The lowest BCUT2D eigenvalue weighted by Crippen LogP contribution is -2.31. The average Bonchev–Trinajstić information content (AvgIpc) is 2.83. The third-order valence-electron chi connectivity index (χ3n) is 5.20. The van der Waals surface area contributed by atoms with Gasteiger partial charge in [-0.15, -0.1) is 0 Å². The number of rotatable bonds is 19. The molecular weight excluding hydrogens is 404 g/mol. The summed E-state index contributed by atoms with van der Waals surface area (Å²) in [5.74, 6) is 0. The van der Waals surface area contributed by atoms with Crippen molar-refractivity contribution in [2.75, 3.05) is 80.0 Å². The lowest BCUT2D eigenvalue weighted by atomic mass is 10.2. The molecule has 0 aliphatic heterocycles. The molecule has 0 aromatic heterocycles. The Morgan fingerprint density at radius 3 is 1.25 bits per heavy atom. The maximum absolute atomic E-state index is 5.81. The summed E-state index contributed by atoms with van der Waals surface area (Å²) < 4.78 is 22.1. The molecule has 0 saturated carbocycles. The van der Waals surface area contributed by atoms with Crippen LogP contribution < -0.4 is 0 Å². The molecule has 0 radical (unpaired) electrons. The number of hydrogen-bond acceptors (Lipinski definition) is 6. The molecule has 0 unspecified atom stereocenters. The summed E-state index contributed by atoms with van der Waals surface area (Å²) in [5, 5.41) is 0. The van der Waals surface area contributed by atoms with E-state index in [9.17, 15) is 0 Å². The van der Waals surface area contributed by atoms with Gasteiger partial charge in [-0.3, -0.25) is 9.80 Å². The van der Waals surface area contributed by atoms with Gasteiger partial charge in [-0.1, -0.05) is 60.7 Å². The lowest BCUT2D eigenvalue weighted by molar-refractivity contribution is 0.0252. The number of methoxy groups -OCH3 is 2. The molecule has 2 aromatic carbocycles. The van der Waals surface area contributed by atoms with Crippen LogP contribution in [0.25, 0.3) is 0 Å². The van der Waals surface area contributed by atoms with Gasteiger partial charge in [0.25, 0.3) is 0 Å². The number of nitrogens with zero attached hydrogens (tertiary/aromatic N) is 2. The molecule has 2 rings (SSSR count). The van der Waals surface area contributed by atoms with Gasteiger partial charge in [0.15, 0.2) is 0 Å². The molecule has 0 fully saturated rings. The fourth-order valence-corrected chi connectivity index (χ4v) is 3.37. The van der Waals surface area contributed by atoms with E-state index in [0.717, 1.165) is 52.5 Å². The third kappa shape index (κ3) is 12.3. The van der Waals surface area contributed by atoms with Crippen LogP contribution in [0.5, 0.6) is 0 Å². The zero-order valence-electron chi connectivity index (χ0n) is 19.8. The maximum atomic E-state index is 5.81. The molecule has 6 nitrogen and oxygen atoms in total. The third-order valence-corrected chi connectivity index (χ3v) is 5.20. The topological polar surface area (TPSA) is 43.4 Å². The SMILES string of the molecule is COCCN(CCOCCOCCN(CCOC)Cc1ccccc1)Cc1ccccc1. The van der Waals surface area contributed by atoms with E-state index in [-0.39, 0.29) is 0 Å². The van der Waals surface area contributed by atoms with Crippen molar-refractivity contribution in [3.63, 3.8) is 0 Å². The Balaban J connectivity index is 1.58. The minimum atomic E-state index is 0.611. The normalized spacial score (nSPS) is 11.5. The zero-order chi connectivity index (χ0) is 22.7. The number of ether oxygens (including phenoxy) is 4. The predicted octanol–water partition coefficient (Wildman–Crippen LogP) is 3.32. The molecule has 0 aliphatic rings. The van der Waals surface area contributed by atoms with Crippen LogP contribution in [0.3, 0.4) is 0 Å². The summed E-state index contributed by atoms with van der Waals surface area (Å²) in [6, 6.07) is 21.0. The fraction of sp³-hybridized carbons (Fsp3) is 0.538. The Bertz CT molecular complexity index is 613. The van der Waals surface area contributed by atoms with Crippen molar-refractivity contribution in [2.45, 2.75) is 13.1 Å². The second-order valence-electron chi connectivity index (χ2n) is 7.73. The second-order valence-corrected chi connectivity index (χ2v) is 7.73. The van der Waals surface area contributed by atoms with Crippen LogP contribution in [0.1, 0.15) is 11.1 Å². The van der Waals surface area contributed by atoms with E-state index in [1.807, 2.05) is 12.1 Å². The van der Waals surface area contributed by atoms with Crippen molar-refractivity contribution in [3.05, 3.63) is 71.8 Å². The highest BCUT2D eigenvalue weighted by Gasteiger charge is 2.07. The minimum absolute atomic E-state index is 0.611. The van der Waals surface area contributed by atoms with Gasteiger partial charge in [-0.25, -0.2) is 0 Å². The quantitative estimate of drug-likeness (QED) is 0.310. The number of benzene rings is 2. The van der Waals surface area contributed by atoms with Crippen LogP contribution in [-0.4, -0.2) is 89.8 Å². The molecule has 0 saturated heterocycles. The molecule has 0 aliphatic carbocycles. The van der Waals surface area contributed by atoms with Crippen LogP contribution in [0.2, 0.25) is 0 Å². The van der Waals surface area contributed by atoms with Gasteiger partial charge >= 0.3 is 0 Å². The van der Waals surface area contributed by atoms with Crippen molar-refractivity contribution < 1.29 is 18.9 Å². The van der Waals surface area contributed by atoms with Crippen molar-refractivity contribution in [3.8, 4) is 0 Å². The molecule has 178 valence electrons. The summed E-state index contributed by atoms with van der Waals surface area (Å²) in [5.41, 5.74) is 2.61. The van der Waals surface area contributed by atoms with Crippen LogP contribution >= 0.6 is 0 Å². The molecule has 2 aromatic rings. The first-order valence-electron chi connectivity index (χ1n) is 11.5. The van der Waals surface area contributed by atoms with Gasteiger partial charge in [-0.05, 0) is 11.1 Å². The molecule has 0 spiro atoms. The van der Waals surface area contributed by atoms with Crippen LogP contribution in [-0.2, 0) is 32.0 Å². The first-order valence-corrected chi connectivity index (χ1v) is 11.5. The predicted molar refractivity (Wildman–Crippen MR) is 129 cm³/mol. The van der Waals surface area contributed by atoms with E-state index >= 15 is 0 Å². The van der Waals surface area contributed by atoms with Crippen LogP contribution in [0, 0.1) is 0 Å². The summed E-state index contributed by atoms with van der Waals surface area (Å²) in [4.78, 5) is 4.72. The van der Waals surface area contributed by atoms with Gasteiger partial charge < -0.3 is 18.9 Å². The molecule has 0 heterocycles. The highest BCUT2D eigenvalue weighted by molar-refractivity contribution is 5.15. The van der Waals surface area contributed by atoms with Crippen molar-refractivity contribution in [2.24, 2.45) is 0 Å². The van der Waals surface area contributed by atoms with Gasteiger partial charge in [0.1, 0.15) is 0 Å². The molecule has 0 amide bonds. The zero-order valence-corrected chi connectivity index (χ0v) is 19.8. The van der Waals surface area contributed by atoms with E-state index in [0.29, 0.717) is 26.4 Å². The highest BCUT2D eigenvalue weighted by atomic mass is 16.5. The first-order chi connectivity index (χ1) is 15.8. The van der Waals surface area contributed by atoms with Crippen molar-refractivity contribution in [1.82, 2.24) is 9.80 Å². The lowest BCUT2D eigenvalue weighted by Gasteiger charge is -2.22. The Morgan fingerprint density at radius 2 is 0.875 bits per heavy atom. The van der Waals surface area contributed by atoms with Crippen LogP contribution in [0.15, 0.2) is 60.7 Å². The van der Waals surface area contributed by atoms with E-state index < -0.39 is 0 Å². The molecule has 6 heteroatoms. The molecule has 0 N–H and O–H groups in total. The Kier molecular flexibility index (Phi) is 14.6. The van der Waals surface area contributed by atoms with Crippen molar-refractivity contribution >= 4 is 0 Å². The molecule has 0 bridgehead atoms. The maximum Gasteiger partial charge on any atom is 0.0701 e. The van der Waals surface area contributed by atoms with E-state index in [1.54, 1.807) is 14.2 Å². The van der Waals surface area contributed by atoms with Gasteiger partial charge in [-0.2, -0.15) is 0 Å². The largest absolute Gasteiger partial charge is 0.383 e. The van der Waals surface area contributed by atoms with Crippen LogP contribution in [0.4, 0.5) is 0 Å². The Labute approximate surface area is 194 Å². The molecule has 32 heavy (non-hydrogen) atoms. The summed E-state index contributed by atoms with van der Waals surface area (Å²) in [7, 11) is 3.48. The minimum Gasteiger partial charge on any atom is -0.383 e. The smallest absolute Gasteiger partial charge is 0.0701 e. The summed E-state index contributed by atoms with van der Waals surface area (Å²) in [6.07, 6.45) is 0. The average molecular weight is 445 g/mol. The van der Waals surface area contributed by atoms with E-state index in [1.165, 1.54) is 11.1 Å². The Hall–Kier alpha value is -1.80. The fourth-order valence-electron chi connectivity index (χ4n) is 3.37. The highest BCUT2D eigenvalue weighted by Crippen LogP contribution is 2.05. The van der Waals surface area contributed by atoms with Gasteiger partial charge in [0.2, 0.25) is 0 Å². The Morgan fingerprint density at radius 1 is 0.500 bits per heavy atom. The first kappa shape index (κ1) is 26.5. The second kappa shape index (κ2) is 17.7. The summed E-state index contributed by atoms with van der Waals surface area (Å²) >= 11 is 0. The molecule has 0 atom stereocenters. The summed E-state index contributed by atoms with van der Waals surface area (Å²) in [6.45, 7) is 9.39. The molecular formula is C26H40N2O4. The van der Waals surface area contributed by atoms with Crippen molar-refractivity contribution in [1.29, 1.82) is 0 Å². The van der Waals surface area contributed by atoms with Gasteiger partial charge in [0.05, 0.1) is 39.6 Å². The standard InChI is InChI=1S/C26H40N2O4/c1-29-17-13-27(23-25-9-5-3-6-10-25)15-19-31-21-22-32-20-16-28(14-18-30-2)24-26-11-7-4-8-12-26/h3-12H,13-24H2,1-2H3. The monoisotopic (exact) mass is 444 g/mol. The van der Waals surface area contributed by atoms with E-state index in [4.69, 9.17) is 18.9 Å².